The lowest BCUT2D eigenvalue weighted by molar-refractivity contribution is -0.294. The van der Waals surface area contributed by atoms with E-state index in [0.29, 0.717) is 13.2 Å². The number of fused-ring (bicyclic) bond motifs is 1. The van der Waals surface area contributed by atoms with Crippen molar-refractivity contribution in [1.82, 2.24) is 4.98 Å². The van der Waals surface area contributed by atoms with Crippen molar-refractivity contribution in [2.24, 2.45) is 0 Å². The monoisotopic (exact) mass is 526 g/mol. The van der Waals surface area contributed by atoms with E-state index in [-0.39, 0.29) is 0 Å². The zero-order chi connectivity index (χ0) is 26.7. The lowest BCUT2D eigenvalue weighted by Gasteiger charge is -2.39. The van der Waals surface area contributed by atoms with E-state index in [1.165, 1.54) is 0 Å². The van der Waals surface area contributed by atoms with E-state index >= 15 is 0 Å². The summed E-state index contributed by atoms with van der Waals surface area (Å²) in [5, 5.41) is 43.4. The molecule has 5 N–H and O–H groups in total. The second kappa shape index (κ2) is 14.4. The maximum atomic E-state index is 10.1. The van der Waals surface area contributed by atoms with Gasteiger partial charge in [-0.25, -0.2) is 4.98 Å². The molecule has 3 aromatic rings. The first-order chi connectivity index (χ1) is 18.5. The molecule has 2 heterocycles. The molecule has 1 aromatic heterocycles. The molecule has 0 bridgehead atoms. The molecule has 4 rings (SSSR count). The van der Waals surface area contributed by atoms with Gasteiger partial charge < -0.3 is 40.0 Å². The molecule has 1 saturated heterocycles. The zero-order valence-corrected chi connectivity index (χ0v) is 21.5. The van der Waals surface area contributed by atoms with Crippen molar-refractivity contribution in [3.8, 4) is 5.75 Å². The molecule has 0 radical (unpaired) electrons. The molecule has 9 heteroatoms. The van der Waals surface area contributed by atoms with E-state index in [1.807, 2.05) is 60.7 Å². The fourth-order valence-corrected chi connectivity index (χ4v) is 4.52. The Morgan fingerprint density at radius 1 is 0.816 bits per heavy atom. The van der Waals surface area contributed by atoms with Gasteiger partial charge in [-0.2, -0.15) is 0 Å². The highest BCUT2D eigenvalue weighted by atomic mass is 16.6. The van der Waals surface area contributed by atoms with Gasteiger partial charge in [-0.3, -0.25) is 0 Å². The van der Waals surface area contributed by atoms with Crippen LogP contribution < -0.4 is 10.1 Å². The highest BCUT2D eigenvalue weighted by Crippen LogP contribution is 2.24. The van der Waals surface area contributed by atoms with Gasteiger partial charge in [0.2, 0.25) is 0 Å². The quantitative estimate of drug-likeness (QED) is 0.200. The second-order valence-corrected chi connectivity index (χ2v) is 9.58. The standard InChI is InChI=1S/C29H38N2O7/c32-19-24-26(33)28(27(34)29(35)38-24)37-17-9-4-2-1-3-8-16-36-22-13-14-23-20(18-22)12-15-25(31-23)30-21-10-6-5-7-11-21/h5-7,10-15,18,24,26-29,32-35H,1-4,8-9,16-17,19H2,(H,30,31)/t24-,26-,27-,28+,29?/m1/s1. The number of pyridine rings is 1. The summed E-state index contributed by atoms with van der Waals surface area (Å²) in [4.78, 5) is 4.68. The highest BCUT2D eigenvalue weighted by Gasteiger charge is 2.44. The number of hydrogen-bond acceptors (Lipinski definition) is 9. The number of ether oxygens (including phenoxy) is 3. The van der Waals surface area contributed by atoms with Crippen LogP contribution in [-0.4, -0.2) is 75.9 Å². The maximum Gasteiger partial charge on any atom is 0.184 e. The number of rotatable bonds is 14. The Morgan fingerprint density at radius 2 is 1.55 bits per heavy atom. The minimum absolute atomic E-state index is 0.355. The van der Waals surface area contributed by atoms with E-state index in [1.54, 1.807) is 0 Å². The summed E-state index contributed by atoms with van der Waals surface area (Å²) in [7, 11) is 0. The van der Waals surface area contributed by atoms with Crippen LogP contribution in [0.3, 0.4) is 0 Å². The molecular formula is C29H38N2O7. The van der Waals surface area contributed by atoms with E-state index < -0.39 is 37.3 Å². The molecule has 5 atom stereocenters. The van der Waals surface area contributed by atoms with Gasteiger partial charge in [-0.1, -0.05) is 43.9 Å². The average molecular weight is 527 g/mol. The predicted octanol–water partition coefficient (Wildman–Crippen LogP) is 3.51. The number of hydrogen-bond donors (Lipinski definition) is 5. The summed E-state index contributed by atoms with van der Waals surface area (Å²) in [5.74, 6) is 1.64. The van der Waals surface area contributed by atoms with Crippen molar-refractivity contribution in [2.75, 3.05) is 25.1 Å². The van der Waals surface area contributed by atoms with E-state index in [0.717, 1.165) is 66.7 Å². The van der Waals surface area contributed by atoms with Gasteiger partial charge in [0, 0.05) is 17.7 Å². The van der Waals surface area contributed by atoms with Crippen LogP contribution in [0.5, 0.6) is 5.75 Å². The van der Waals surface area contributed by atoms with Crippen LogP contribution >= 0.6 is 0 Å². The van der Waals surface area contributed by atoms with Crippen LogP contribution in [0, 0.1) is 0 Å². The maximum absolute atomic E-state index is 10.1. The number of aliphatic hydroxyl groups is 4. The first-order valence-electron chi connectivity index (χ1n) is 13.3. The minimum Gasteiger partial charge on any atom is -0.494 e. The number of aromatic nitrogens is 1. The Bertz CT molecular complexity index is 1120. The van der Waals surface area contributed by atoms with Crippen LogP contribution in [0.15, 0.2) is 60.7 Å². The summed E-state index contributed by atoms with van der Waals surface area (Å²) >= 11 is 0. The number of unbranched alkanes of at least 4 members (excludes halogenated alkanes) is 5. The summed E-state index contributed by atoms with van der Waals surface area (Å²) in [5.41, 5.74) is 1.91. The molecule has 0 aliphatic carbocycles. The number of benzene rings is 2. The molecule has 206 valence electrons. The third-order valence-electron chi connectivity index (χ3n) is 6.67. The summed E-state index contributed by atoms with van der Waals surface area (Å²) in [6.45, 7) is 0.553. The van der Waals surface area contributed by atoms with Gasteiger partial charge in [0.25, 0.3) is 0 Å². The van der Waals surface area contributed by atoms with Crippen molar-refractivity contribution in [3.63, 3.8) is 0 Å². The summed E-state index contributed by atoms with van der Waals surface area (Å²) in [6.07, 6.45) is -0.0756. The number of anilines is 2. The highest BCUT2D eigenvalue weighted by molar-refractivity contribution is 5.82. The van der Waals surface area contributed by atoms with Crippen molar-refractivity contribution < 1.29 is 34.6 Å². The number of para-hydroxylation sites is 1. The second-order valence-electron chi connectivity index (χ2n) is 9.58. The van der Waals surface area contributed by atoms with Gasteiger partial charge in [-0.15, -0.1) is 0 Å². The van der Waals surface area contributed by atoms with Crippen molar-refractivity contribution in [3.05, 3.63) is 60.7 Å². The normalized spacial score (nSPS) is 23.4. The molecule has 2 aromatic carbocycles. The Labute approximate surface area is 223 Å². The Hall–Kier alpha value is -2.79. The van der Waals surface area contributed by atoms with Crippen molar-refractivity contribution >= 4 is 22.4 Å². The topological polar surface area (TPSA) is 134 Å². The number of nitrogens with one attached hydrogen (secondary N) is 1. The molecule has 1 fully saturated rings. The summed E-state index contributed by atoms with van der Waals surface area (Å²) < 4.78 is 16.5. The largest absolute Gasteiger partial charge is 0.494 e. The van der Waals surface area contributed by atoms with Gasteiger partial charge >= 0.3 is 0 Å². The average Bonchev–Trinajstić information content (AvgIpc) is 2.94. The molecule has 0 amide bonds. The first kappa shape index (κ1) is 28.2. The molecule has 1 aliphatic heterocycles. The third kappa shape index (κ3) is 7.86. The number of nitrogens with zero attached hydrogens (tertiary/aromatic N) is 1. The number of aliphatic hydroxyl groups excluding tert-OH is 4. The van der Waals surface area contributed by atoms with Gasteiger partial charge in [0.1, 0.15) is 36.0 Å². The fraction of sp³-hybridized carbons (Fsp3) is 0.483. The van der Waals surface area contributed by atoms with Crippen LogP contribution in [0.2, 0.25) is 0 Å². The van der Waals surface area contributed by atoms with Crippen molar-refractivity contribution in [1.29, 1.82) is 0 Å². The Morgan fingerprint density at radius 3 is 2.32 bits per heavy atom. The first-order valence-corrected chi connectivity index (χ1v) is 13.3. The molecule has 1 unspecified atom stereocenters. The van der Waals surface area contributed by atoms with Crippen LogP contribution in [0.4, 0.5) is 11.5 Å². The molecule has 1 aliphatic rings. The zero-order valence-electron chi connectivity index (χ0n) is 21.5. The third-order valence-corrected chi connectivity index (χ3v) is 6.67. The Kier molecular flexibility index (Phi) is 10.7. The van der Waals surface area contributed by atoms with Gasteiger partial charge in [-0.05, 0) is 55.3 Å². The molecule has 38 heavy (non-hydrogen) atoms. The van der Waals surface area contributed by atoms with Crippen LogP contribution in [-0.2, 0) is 9.47 Å². The van der Waals surface area contributed by atoms with Crippen LogP contribution in [0.25, 0.3) is 10.9 Å². The van der Waals surface area contributed by atoms with E-state index in [2.05, 4.69) is 10.3 Å². The Balaban J connectivity index is 1.08. The predicted molar refractivity (Wildman–Crippen MR) is 144 cm³/mol. The molecule has 0 saturated carbocycles. The SMILES string of the molecule is OC[C@H]1OC(O)[C@H](O)[C@@H](OCCCCCCCCOc2ccc3nc(Nc4ccccc4)ccc3c2)[C@@H]1O. The van der Waals surface area contributed by atoms with Crippen LogP contribution in [0.1, 0.15) is 38.5 Å². The molecular weight excluding hydrogens is 488 g/mol. The lowest BCUT2D eigenvalue weighted by Crippen LogP contribution is -2.59. The van der Waals surface area contributed by atoms with E-state index in [4.69, 9.17) is 14.2 Å². The smallest absolute Gasteiger partial charge is 0.184 e. The fourth-order valence-electron chi connectivity index (χ4n) is 4.52. The van der Waals surface area contributed by atoms with Crippen molar-refractivity contribution in [2.45, 2.75) is 69.2 Å². The van der Waals surface area contributed by atoms with Gasteiger partial charge in [0.05, 0.1) is 18.7 Å². The lowest BCUT2D eigenvalue weighted by atomic mass is 9.99. The molecule has 0 spiro atoms. The van der Waals surface area contributed by atoms with Gasteiger partial charge in [0.15, 0.2) is 6.29 Å². The molecule has 9 nitrogen and oxygen atoms in total. The summed E-state index contributed by atoms with van der Waals surface area (Å²) in [6, 6.07) is 19.9. The minimum atomic E-state index is -1.48. The van der Waals surface area contributed by atoms with E-state index in [9.17, 15) is 20.4 Å².